The average Bonchev–Trinajstić information content (AvgIpc) is 3.22. The highest BCUT2D eigenvalue weighted by Crippen LogP contribution is 2.67. The maximum atomic E-state index is 10.2. The summed E-state index contributed by atoms with van der Waals surface area (Å²) in [7, 11) is 0. The Kier molecular flexibility index (Phi) is 9.49. The molecule has 3 nitrogen and oxygen atoms in total. The van der Waals surface area contributed by atoms with Crippen molar-refractivity contribution in [1.82, 2.24) is 0 Å². The minimum absolute atomic E-state index is 0.0766. The fourth-order valence-corrected chi connectivity index (χ4v) is 9.44. The fraction of sp³-hybridized carbons (Fsp3) is 0.743. The number of carbonyl (C=O) groups is 1. The van der Waals surface area contributed by atoms with Gasteiger partial charge in [-0.3, -0.25) is 4.79 Å². The van der Waals surface area contributed by atoms with E-state index in [1.165, 1.54) is 57.8 Å². The van der Waals surface area contributed by atoms with Crippen molar-refractivity contribution in [3.8, 4) is 0 Å². The van der Waals surface area contributed by atoms with Crippen LogP contribution in [0.4, 0.5) is 0 Å². The van der Waals surface area contributed by atoms with E-state index < -0.39 is 5.97 Å². The van der Waals surface area contributed by atoms with Crippen LogP contribution in [0, 0.1) is 46.3 Å². The van der Waals surface area contributed by atoms with Crippen LogP contribution in [0.3, 0.4) is 0 Å². The van der Waals surface area contributed by atoms with Crippen LogP contribution in [-0.2, 0) is 11.2 Å². The number of aliphatic carboxylic acids is 1. The Labute approximate surface area is 232 Å². The molecule has 0 bridgehead atoms. The normalized spacial score (nSPS) is 36.7. The summed E-state index contributed by atoms with van der Waals surface area (Å²) in [6.07, 6.45) is 17.3. The van der Waals surface area contributed by atoms with Crippen LogP contribution >= 0.6 is 0 Å². The Bertz CT molecular complexity index is 951. The fourth-order valence-electron chi connectivity index (χ4n) is 9.44. The van der Waals surface area contributed by atoms with Crippen molar-refractivity contribution < 1.29 is 15.0 Å². The van der Waals surface area contributed by atoms with Gasteiger partial charge in [0.15, 0.2) is 0 Å². The molecule has 0 aliphatic heterocycles. The van der Waals surface area contributed by atoms with Gasteiger partial charge in [-0.15, -0.1) is 0 Å². The molecule has 4 aliphatic carbocycles. The van der Waals surface area contributed by atoms with E-state index in [0.717, 1.165) is 53.9 Å². The number of rotatable bonds is 7. The van der Waals surface area contributed by atoms with Gasteiger partial charge in [0.05, 0.1) is 12.5 Å². The standard InChI is InChI=1S/C27H46O.C8H8O2/c1-18(2)7-6-8-19(3)23-11-12-24-22-10-9-20-17-21(28)13-15-26(20,4)25(22)14-16-27(23,24)5;9-8(10)6-7-4-2-1-3-5-7/h9,18-19,21-25,28H,6-8,10-17H2,1-5H3;1-5H,6H2,(H,9,10)/t19-,21+,22+,23-,24+,25+,26+,27-;/m1./s1. The van der Waals surface area contributed by atoms with Crippen LogP contribution in [-0.4, -0.2) is 22.3 Å². The van der Waals surface area contributed by atoms with E-state index in [0.29, 0.717) is 10.8 Å². The van der Waals surface area contributed by atoms with Crippen molar-refractivity contribution in [3.05, 3.63) is 47.5 Å². The number of fused-ring (bicyclic) bond motifs is 5. The van der Waals surface area contributed by atoms with E-state index in [2.05, 4.69) is 40.7 Å². The molecule has 3 fully saturated rings. The summed E-state index contributed by atoms with van der Waals surface area (Å²) < 4.78 is 0. The molecule has 0 saturated heterocycles. The first-order valence-corrected chi connectivity index (χ1v) is 15.7. The summed E-state index contributed by atoms with van der Waals surface area (Å²) in [6.45, 7) is 12.6. The van der Waals surface area contributed by atoms with E-state index in [1.54, 1.807) is 17.7 Å². The van der Waals surface area contributed by atoms with Gasteiger partial charge in [0.2, 0.25) is 0 Å². The molecule has 0 spiro atoms. The van der Waals surface area contributed by atoms with E-state index in [1.807, 2.05) is 18.2 Å². The van der Waals surface area contributed by atoms with E-state index >= 15 is 0 Å². The number of hydrogen-bond acceptors (Lipinski definition) is 2. The molecule has 0 heterocycles. The lowest BCUT2D eigenvalue weighted by Gasteiger charge is -2.58. The lowest BCUT2D eigenvalue weighted by molar-refractivity contribution is -0.136. The second kappa shape index (κ2) is 12.3. The molecule has 3 heteroatoms. The van der Waals surface area contributed by atoms with Crippen molar-refractivity contribution in [1.29, 1.82) is 0 Å². The average molecular weight is 523 g/mol. The molecule has 0 unspecified atom stereocenters. The SMILES string of the molecule is CC(C)CCC[C@@H](C)[C@H]1CC[C@H]2[C@@H]3CC=C4C[C@@H](O)CC[C@]4(C)[C@H]3CC[C@]12C.O=C(O)Cc1ccccc1. The van der Waals surface area contributed by atoms with E-state index in [-0.39, 0.29) is 12.5 Å². The Morgan fingerprint density at radius 2 is 1.71 bits per heavy atom. The zero-order valence-electron chi connectivity index (χ0n) is 24.8. The van der Waals surface area contributed by atoms with Crippen LogP contribution in [0.25, 0.3) is 0 Å². The molecule has 8 atom stereocenters. The predicted octanol–water partition coefficient (Wildman–Crippen LogP) is 8.70. The predicted molar refractivity (Wildman–Crippen MR) is 157 cm³/mol. The molecule has 3 saturated carbocycles. The lowest BCUT2D eigenvalue weighted by atomic mass is 9.47. The minimum atomic E-state index is -0.786. The minimum Gasteiger partial charge on any atom is -0.481 e. The molecule has 0 radical (unpaired) electrons. The maximum absolute atomic E-state index is 10.2. The molecule has 5 rings (SSSR count). The topological polar surface area (TPSA) is 57.5 Å². The van der Waals surface area contributed by atoms with E-state index in [9.17, 15) is 9.90 Å². The highest BCUT2D eigenvalue weighted by molar-refractivity contribution is 5.70. The molecule has 38 heavy (non-hydrogen) atoms. The smallest absolute Gasteiger partial charge is 0.307 e. The third kappa shape index (κ3) is 6.24. The van der Waals surface area contributed by atoms with Crippen LogP contribution in [0.2, 0.25) is 0 Å². The molecule has 2 N–H and O–H groups in total. The van der Waals surface area contributed by atoms with Gasteiger partial charge in [0.1, 0.15) is 0 Å². The molecule has 1 aromatic carbocycles. The third-order valence-corrected chi connectivity index (χ3v) is 11.5. The maximum Gasteiger partial charge on any atom is 0.307 e. The Hall–Kier alpha value is -1.61. The van der Waals surface area contributed by atoms with Gasteiger partial charge in [0, 0.05) is 0 Å². The van der Waals surface area contributed by atoms with Crippen LogP contribution < -0.4 is 0 Å². The summed E-state index contributed by atoms with van der Waals surface area (Å²) in [5.41, 5.74) is 3.45. The van der Waals surface area contributed by atoms with Gasteiger partial charge in [-0.05, 0) is 103 Å². The number of benzene rings is 1. The number of aliphatic hydroxyl groups is 1. The monoisotopic (exact) mass is 522 g/mol. The first-order valence-electron chi connectivity index (χ1n) is 15.7. The number of carboxylic acid groups (broad SMARTS) is 1. The zero-order chi connectivity index (χ0) is 27.5. The quantitative estimate of drug-likeness (QED) is 0.352. The van der Waals surface area contributed by atoms with Gasteiger partial charge in [-0.25, -0.2) is 0 Å². The second-order valence-corrected chi connectivity index (χ2v) is 14.2. The first-order chi connectivity index (χ1) is 18.0. The Morgan fingerprint density at radius 3 is 2.39 bits per heavy atom. The molecule has 4 aliphatic rings. The summed E-state index contributed by atoms with van der Waals surface area (Å²) in [6, 6.07) is 9.13. The number of carboxylic acids is 1. The Balaban J connectivity index is 0.000000283. The summed E-state index contributed by atoms with van der Waals surface area (Å²) >= 11 is 0. The number of aliphatic hydroxyl groups excluding tert-OH is 1. The van der Waals surface area contributed by atoms with Gasteiger partial charge >= 0.3 is 5.97 Å². The van der Waals surface area contributed by atoms with Gasteiger partial charge in [0.25, 0.3) is 0 Å². The highest BCUT2D eigenvalue weighted by atomic mass is 16.4. The van der Waals surface area contributed by atoms with Crippen molar-refractivity contribution in [2.24, 2.45) is 46.3 Å². The van der Waals surface area contributed by atoms with Crippen LogP contribution in [0.15, 0.2) is 42.0 Å². The van der Waals surface area contributed by atoms with Crippen LogP contribution in [0.5, 0.6) is 0 Å². The van der Waals surface area contributed by atoms with Crippen molar-refractivity contribution in [2.75, 3.05) is 0 Å². The second-order valence-electron chi connectivity index (χ2n) is 14.2. The van der Waals surface area contributed by atoms with Crippen molar-refractivity contribution in [3.63, 3.8) is 0 Å². The van der Waals surface area contributed by atoms with Crippen molar-refractivity contribution in [2.45, 2.75) is 118 Å². The van der Waals surface area contributed by atoms with Crippen LogP contribution in [0.1, 0.15) is 111 Å². The third-order valence-electron chi connectivity index (χ3n) is 11.5. The molecular weight excluding hydrogens is 468 g/mol. The van der Waals surface area contributed by atoms with Crippen molar-refractivity contribution >= 4 is 5.97 Å². The molecule has 0 amide bonds. The highest BCUT2D eigenvalue weighted by Gasteiger charge is 2.59. The summed E-state index contributed by atoms with van der Waals surface area (Å²) in [5.74, 6) is 4.67. The summed E-state index contributed by atoms with van der Waals surface area (Å²) in [4.78, 5) is 10.2. The Morgan fingerprint density at radius 1 is 0.974 bits per heavy atom. The van der Waals surface area contributed by atoms with Gasteiger partial charge in [-0.2, -0.15) is 0 Å². The zero-order valence-corrected chi connectivity index (χ0v) is 24.8. The number of allylic oxidation sites excluding steroid dienone is 1. The van der Waals surface area contributed by atoms with E-state index in [4.69, 9.17) is 5.11 Å². The molecule has 0 aromatic heterocycles. The molecular formula is C35H54O3. The molecule has 1 aromatic rings. The largest absolute Gasteiger partial charge is 0.481 e. The number of hydrogen-bond donors (Lipinski definition) is 2. The molecule has 212 valence electrons. The lowest BCUT2D eigenvalue weighted by Crippen LogP contribution is -2.50. The first kappa shape index (κ1) is 29.4. The van der Waals surface area contributed by atoms with Gasteiger partial charge < -0.3 is 10.2 Å². The summed E-state index contributed by atoms with van der Waals surface area (Å²) in [5, 5.41) is 18.6. The van der Waals surface area contributed by atoms with Gasteiger partial charge in [-0.1, -0.05) is 95.9 Å².